The maximum atomic E-state index is 11.8. The standard InChI is InChI=1S/C13H21NO3/c1-9(8-15)5-4-6-14-13(16)12-7-10(2)17-11(12)3/h7,9,15H,4-6,8H2,1-3H3,(H,14,16). The lowest BCUT2D eigenvalue weighted by Crippen LogP contribution is -2.25. The van der Waals surface area contributed by atoms with Crippen molar-refractivity contribution in [1.82, 2.24) is 5.32 Å². The molecule has 1 heterocycles. The smallest absolute Gasteiger partial charge is 0.254 e. The van der Waals surface area contributed by atoms with Crippen molar-refractivity contribution >= 4 is 5.91 Å². The van der Waals surface area contributed by atoms with Gasteiger partial charge in [0.2, 0.25) is 0 Å². The number of aliphatic hydroxyl groups is 1. The fourth-order valence-corrected chi connectivity index (χ4v) is 1.70. The molecule has 0 radical (unpaired) electrons. The van der Waals surface area contributed by atoms with E-state index in [9.17, 15) is 4.79 Å². The molecule has 0 saturated heterocycles. The van der Waals surface area contributed by atoms with Gasteiger partial charge in [0.05, 0.1) is 5.56 Å². The highest BCUT2D eigenvalue weighted by Gasteiger charge is 2.12. The van der Waals surface area contributed by atoms with E-state index in [1.165, 1.54) is 0 Å². The first-order valence-corrected chi connectivity index (χ1v) is 6.00. The Labute approximate surface area is 102 Å². The van der Waals surface area contributed by atoms with E-state index in [4.69, 9.17) is 9.52 Å². The van der Waals surface area contributed by atoms with Crippen molar-refractivity contribution < 1.29 is 14.3 Å². The highest BCUT2D eigenvalue weighted by molar-refractivity contribution is 5.95. The van der Waals surface area contributed by atoms with Crippen molar-refractivity contribution in [2.75, 3.05) is 13.2 Å². The summed E-state index contributed by atoms with van der Waals surface area (Å²) in [5, 5.41) is 11.7. The average molecular weight is 239 g/mol. The summed E-state index contributed by atoms with van der Waals surface area (Å²) in [6.07, 6.45) is 1.80. The van der Waals surface area contributed by atoms with Crippen LogP contribution in [0.4, 0.5) is 0 Å². The third kappa shape index (κ3) is 4.23. The monoisotopic (exact) mass is 239 g/mol. The molecule has 1 aromatic heterocycles. The maximum Gasteiger partial charge on any atom is 0.254 e. The number of hydrogen-bond donors (Lipinski definition) is 2. The Bertz CT molecular complexity index is 371. The van der Waals surface area contributed by atoms with Crippen LogP contribution in [-0.2, 0) is 0 Å². The fraction of sp³-hybridized carbons (Fsp3) is 0.615. The summed E-state index contributed by atoms with van der Waals surface area (Å²) in [5.74, 6) is 1.62. The van der Waals surface area contributed by atoms with E-state index in [-0.39, 0.29) is 12.5 Å². The molecule has 0 spiro atoms. The summed E-state index contributed by atoms with van der Waals surface area (Å²) in [4.78, 5) is 11.8. The second kappa shape index (κ2) is 6.45. The van der Waals surface area contributed by atoms with Crippen molar-refractivity contribution in [2.24, 2.45) is 5.92 Å². The Morgan fingerprint density at radius 3 is 2.76 bits per heavy atom. The minimum atomic E-state index is -0.0870. The minimum absolute atomic E-state index is 0.0870. The van der Waals surface area contributed by atoms with E-state index in [0.717, 1.165) is 18.6 Å². The number of carbonyl (C=O) groups excluding carboxylic acids is 1. The number of furan rings is 1. The Kier molecular flexibility index (Phi) is 5.22. The van der Waals surface area contributed by atoms with E-state index in [1.807, 2.05) is 13.8 Å². The lowest BCUT2D eigenvalue weighted by atomic mass is 10.1. The van der Waals surface area contributed by atoms with Gasteiger partial charge in [-0.3, -0.25) is 4.79 Å². The van der Waals surface area contributed by atoms with Gasteiger partial charge >= 0.3 is 0 Å². The van der Waals surface area contributed by atoms with Gasteiger partial charge in [0.25, 0.3) is 5.91 Å². The quantitative estimate of drug-likeness (QED) is 0.747. The first-order valence-electron chi connectivity index (χ1n) is 6.00. The summed E-state index contributed by atoms with van der Waals surface area (Å²) in [7, 11) is 0. The zero-order valence-corrected chi connectivity index (χ0v) is 10.7. The molecular weight excluding hydrogens is 218 g/mol. The van der Waals surface area contributed by atoms with Gasteiger partial charge in [0, 0.05) is 13.2 Å². The van der Waals surface area contributed by atoms with Crippen LogP contribution in [0.2, 0.25) is 0 Å². The van der Waals surface area contributed by atoms with Crippen molar-refractivity contribution in [1.29, 1.82) is 0 Å². The van der Waals surface area contributed by atoms with Crippen LogP contribution in [0.3, 0.4) is 0 Å². The SMILES string of the molecule is Cc1cc(C(=O)NCCCC(C)CO)c(C)o1. The molecule has 0 aliphatic rings. The molecule has 0 fully saturated rings. The van der Waals surface area contributed by atoms with Crippen LogP contribution in [0.15, 0.2) is 10.5 Å². The number of rotatable bonds is 6. The molecule has 4 nitrogen and oxygen atoms in total. The molecule has 1 atom stereocenters. The summed E-state index contributed by atoms with van der Waals surface area (Å²) in [6, 6.07) is 1.75. The van der Waals surface area contributed by atoms with Crippen LogP contribution in [-0.4, -0.2) is 24.2 Å². The molecule has 1 rings (SSSR count). The molecule has 0 aliphatic heterocycles. The number of hydrogen-bond acceptors (Lipinski definition) is 3. The molecule has 17 heavy (non-hydrogen) atoms. The number of amides is 1. The predicted octanol–water partition coefficient (Wildman–Crippen LogP) is 2.03. The van der Waals surface area contributed by atoms with E-state index >= 15 is 0 Å². The van der Waals surface area contributed by atoms with Crippen molar-refractivity contribution in [3.05, 3.63) is 23.2 Å². The lowest BCUT2D eigenvalue weighted by molar-refractivity contribution is 0.0950. The summed E-state index contributed by atoms with van der Waals surface area (Å²) in [5.41, 5.74) is 0.609. The molecule has 0 saturated carbocycles. The Hall–Kier alpha value is -1.29. The second-order valence-corrected chi connectivity index (χ2v) is 4.51. The van der Waals surface area contributed by atoms with Gasteiger partial charge in [0.1, 0.15) is 11.5 Å². The van der Waals surface area contributed by atoms with Gasteiger partial charge in [0.15, 0.2) is 0 Å². The molecular formula is C13H21NO3. The zero-order valence-electron chi connectivity index (χ0n) is 10.7. The molecule has 2 N–H and O–H groups in total. The van der Waals surface area contributed by atoms with E-state index < -0.39 is 0 Å². The van der Waals surface area contributed by atoms with Gasteiger partial charge in [-0.2, -0.15) is 0 Å². The normalized spacial score (nSPS) is 12.5. The Morgan fingerprint density at radius 1 is 1.53 bits per heavy atom. The van der Waals surface area contributed by atoms with Gasteiger partial charge in [-0.25, -0.2) is 0 Å². The third-order valence-corrected chi connectivity index (χ3v) is 2.76. The first kappa shape index (κ1) is 13.8. The Balaban J connectivity index is 2.33. The molecule has 0 aromatic carbocycles. The molecule has 1 unspecified atom stereocenters. The molecule has 1 amide bonds. The van der Waals surface area contributed by atoms with Crippen LogP contribution < -0.4 is 5.32 Å². The molecule has 0 bridgehead atoms. The second-order valence-electron chi connectivity index (χ2n) is 4.51. The number of aliphatic hydroxyl groups excluding tert-OH is 1. The average Bonchev–Trinajstić information content (AvgIpc) is 2.63. The largest absolute Gasteiger partial charge is 0.466 e. The molecule has 0 aliphatic carbocycles. The minimum Gasteiger partial charge on any atom is -0.466 e. The van der Waals surface area contributed by atoms with E-state index in [2.05, 4.69) is 5.32 Å². The van der Waals surface area contributed by atoms with Gasteiger partial charge in [-0.05, 0) is 38.7 Å². The van der Waals surface area contributed by atoms with Crippen LogP contribution in [0, 0.1) is 19.8 Å². The first-order chi connectivity index (χ1) is 8.04. The van der Waals surface area contributed by atoms with Crippen molar-refractivity contribution in [2.45, 2.75) is 33.6 Å². The van der Waals surface area contributed by atoms with Crippen molar-refractivity contribution in [3.63, 3.8) is 0 Å². The summed E-state index contributed by atoms with van der Waals surface area (Å²) in [6.45, 7) is 6.44. The highest BCUT2D eigenvalue weighted by atomic mass is 16.3. The van der Waals surface area contributed by atoms with Crippen molar-refractivity contribution in [3.8, 4) is 0 Å². The highest BCUT2D eigenvalue weighted by Crippen LogP contribution is 2.13. The lowest BCUT2D eigenvalue weighted by Gasteiger charge is -2.08. The molecule has 96 valence electrons. The van der Waals surface area contributed by atoms with E-state index in [1.54, 1.807) is 13.0 Å². The zero-order chi connectivity index (χ0) is 12.8. The van der Waals surface area contributed by atoms with Crippen LogP contribution in [0.1, 0.15) is 41.6 Å². The summed E-state index contributed by atoms with van der Waals surface area (Å²) < 4.78 is 5.30. The van der Waals surface area contributed by atoms with Gasteiger partial charge in [-0.15, -0.1) is 0 Å². The topological polar surface area (TPSA) is 62.5 Å². The number of nitrogens with one attached hydrogen (secondary N) is 1. The number of aryl methyl sites for hydroxylation is 2. The molecule has 1 aromatic rings. The van der Waals surface area contributed by atoms with Gasteiger partial charge < -0.3 is 14.8 Å². The Morgan fingerprint density at radius 2 is 2.24 bits per heavy atom. The van der Waals surface area contributed by atoms with Crippen LogP contribution in [0.25, 0.3) is 0 Å². The number of carbonyl (C=O) groups is 1. The van der Waals surface area contributed by atoms with Crippen LogP contribution in [0.5, 0.6) is 0 Å². The third-order valence-electron chi connectivity index (χ3n) is 2.76. The van der Waals surface area contributed by atoms with Crippen LogP contribution >= 0.6 is 0 Å². The summed E-state index contributed by atoms with van der Waals surface area (Å²) >= 11 is 0. The van der Waals surface area contributed by atoms with Gasteiger partial charge in [-0.1, -0.05) is 6.92 Å². The predicted molar refractivity (Wildman–Crippen MR) is 66.0 cm³/mol. The fourth-order valence-electron chi connectivity index (χ4n) is 1.70. The maximum absolute atomic E-state index is 11.8. The van der Waals surface area contributed by atoms with E-state index in [0.29, 0.717) is 23.8 Å². The molecule has 4 heteroatoms.